The highest BCUT2D eigenvalue weighted by atomic mass is 32.1. The number of nitrogens with one attached hydrogen (secondary N) is 1. The quantitative estimate of drug-likeness (QED) is 0.534. The van der Waals surface area contributed by atoms with E-state index >= 15 is 0 Å². The monoisotopic (exact) mass is 462 g/mol. The van der Waals surface area contributed by atoms with E-state index in [4.69, 9.17) is 12.2 Å². The van der Waals surface area contributed by atoms with Crippen LogP contribution in [0.3, 0.4) is 0 Å². The average Bonchev–Trinajstić information content (AvgIpc) is 3.27. The van der Waals surface area contributed by atoms with Gasteiger partial charge in [0, 0.05) is 56.1 Å². The molecule has 33 heavy (non-hydrogen) atoms. The van der Waals surface area contributed by atoms with Crippen LogP contribution in [0.1, 0.15) is 34.7 Å². The van der Waals surface area contributed by atoms with Crippen LogP contribution in [-0.4, -0.2) is 65.7 Å². The first-order valence-electron chi connectivity index (χ1n) is 11.4. The van der Waals surface area contributed by atoms with Crippen LogP contribution in [0.2, 0.25) is 0 Å². The van der Waals surface area contributed by atoms with Crippen molar-refractivity contribution in [1.82, 2.24) is 24.7 Å². The van der Waals surface area contributed by atoms with Gasteiger partial charge >= 0.3 is 0 Å². The zero-order valence-electron chi connectivity index (χ0n) is 20.4. The Bertz CT molecular complexity index is 1100. The summed E-state index contributed by atoms with van der Waals surface area (Å²) in [5, 5.41) is 4.36. The molecule has 3 heterocycles. The highest BCUT2D eigenvalue weighted by molar-refractivity contribution is 7.80. The van der Waals surface area contributed by atoms with Crippen LogP contribution in [0.25, 0.3) is 5.69 Å². The molecule has 174 valence electrons. The van der Waals surface area contributed by atoms with Gasteiger partial charge in [-0.2, -0.15) is 0 Å². The Kier molecular flexibility index (Phi) is 6.72. The lowest BCUT2D eigenvalue weighted by molar-refractivity contribution is 0.277. The predicted octanol–water partition coefficient (Wildman–Crippen LogP) is 4.09. The minimum atomic E-state index is 0.00549. The van der Waals surface area contributed by atoms with Crippen molar-refractivity contribution < 1.29 is 0 Å². The van der Waals surface area contributed by atoms with Gasteiger partial charge in [0.05, 0.1) is 17.8 Å². The Labute approximate surface area is 202 Å². The molecule has 0 bridgehead atoms. The molecule has 1 aliphatic rings. The molecule has 0 saturated carbocycles. The maximum absolute atomic E-state index is 5.82. The van der Waals surface area contributed by atoms with Gasteiger partial charge in [0.1, 0.15) is 0 Å². The summed E-state index contributed by atoms with van der Waals surface area (Å²) in [4.78, 5) is 11.3. The molecule has 0 radical (unpaired) electrons. The van der Waals surface area contributed by atoms with E-state index in [2.05, 4.69) is 108 Å². The van der Waals surface area contributed by atoms with Crippen LogP contribution in [0, 0.1) is 13.8 Å². The first kappa shape index (κ1) is 23.3. The molecule has 1 fully saturated rings. The van der Waals surface area contributed by atoms with Gasteiger partial charge in [-0.1, -0.05) is 6.07 Å². The van der Waals surface area contributed by atoms with Crippen molar-refractivity contribution in [2.24, 2.45) is 0 Å². The molecular weight excluding hydrogens is 428 g/mol. The third-order valence-electron chi connectivity index (χ3n) is 6.40. The Morgan fingerprint density at radius 2 is 1.76 bits per heavy atom. The van der Waals surface area contributed by atoms with Gasteiger partial charge in [0.15, 0.2) is 5.11 Å². The molecule has 1 aliphatic heterocycles. The fourth-order valence-electron chi connectivity index (χ4n) is 4.68. The number of hydrogen-bond acceptors (Lipinski definition) is 4. The molecular formula is C26H34N6S. The molecule has 0 spiro atoms. The van der Waals surface area contributed by atoms with Crippen molar-refractivity contribution >= 4 is 23.0 Å². The average molecular weight is 463 g/mol. The van der Waals surface area contributed by atoms with E-state index < -0.39 is 0 Å². The lowest BCUT2D eigenvalue weighted by atomic mass is 9.97. The summed E-state index contributed by atoms with van der Waals surface area (Å²) in [6, 6.07) is 17.2. The standard InChI is InChI=1S/C26H34N6S/c1-18-17-22(19(2)32(18)21-12-10-20(11-13-21)30(5)6)25-24(23-9-7-8-14-27-23)28-26(33)31(25)16-15-29(3)4/h7-14,17,24-25H,15-16H2,1-6H3,(H,28,33)/t24-,25+/m1/s1. The van der Waals surface area contributed by atoms with Crippen molar-refractivity contribution in [3.8, 4) is 5.69 Å². The summed E-state index contributed by atoms with van der Waals surface area (Å²) in [6.07, 6.45) is 1.86. The highest BCUT2D eigenvalue weighted by Crippen LogP contribution is 2.41. The Morgan fingerprint density at radius 1 is 1.03 bits per heavy atom. The second kappa shape index (κ2) is 9.53. The van der Waals surface area contributed by atoms with E-state index in [-0.39, 0.29) is 12.1 Å². The summed E-state index contributed by atoms with van der Waals surface area (Å²) in [6.45, 7) is 6.17. The summed E-state index contributed by atoms with van der Waals surface area (Å²) >= 11 is 5.82. The molecule has 1 aromatic carbocycles. The molecule has 0 unspecified atom stereocenters. The van der Waals surface area contributed by atoms with Crippen LogP contribution in [0.15, 0.2) is 54.7 Å². The van der Waals surface area contributed by atoms with Gasteiger partial charge in [-0.05, 0) is 88.2 Å². The maximum atomic E-state index is 5.82. The number of benzene rings is 1. The zero-order chi connectivity index (χ0) is 23.7. The number of thiocarbonyl (C=S) groups is 1. The Balaban J connectivity index is 1.77. The van der Waals surface area contributed by atoms with E-state index in [1.807, 2.05) is 18.3 Å². The van der Waals surface area contributed by atoms with Crippen molar-refractivity contribution in [2.45, 2.75) is 25.9 Å². The topological polar surface area (TPSA) is 39.6 Å². The predicted molar refractivity (Wildman–Crippen MR) is 140 cm³/mol. The van der Waals surface area contributed by atoms with Crippen LogP contribution >= 0.6 is 12.2 Å². The lowest BCUT2D eigenvalue weighted by Crippen LogP contribution is -2.35. The third kappa shape index (κ3) is 4.61. The lowest BCUT2D eigenvalue weighted by Gasteiger charge is -2.29. The van der Waals surface area contributed by atoms with E-state index in [1.165, 1.54) is 28.3 Å². The van der Waals surface area contributed by atoms with Gasteiger partial charge in [-0.15, -0.1) is 0 Å². The fraction of sp³-hybridized carbons (Fsp3) is 0.385. The van der Waals surface area contributed by atoms with Gasteiger partial charge < -0.3 is 24.6 Å². The number of hydrogen-bond donors (Lipinski definition) is 1. The molecule has 1 saturated heterocycles. The molecule has 1 N–H and O–H groups in total. The molecule has 2 aromatic heterocycles. The van der Waals surface area contributed by atoms with Gasteiger partial charge in [-0.3, -0.25) is 4.98 Å². The van der Waals surface area contributed by atoms with Crippen LogP contribution < -0.4 is 10.2 Å². The summed E-state index contributed by atoms with van der Waals surface area (Å²) < 4.78 is 2.34. The maximum Gasteiger partial charge on any atom is 0.170 e. The summed E-state index contributed by atoms with van der Waals surface area (Å²) in [5.41, 5.74) is 7.10. The van der Waals surface area contributed by atoms with E-state index in [0.717, 1.165) is 23.9 Å². The van der Waals surface area contributed by atoms with E-state index in [1.54, 1.807) is 0 Å². The number of aryl methyl sites for hydroxylation is 1. The normalized spacial score (nSPS) is 18.2. The molecule has 6 nitrogen and oxygen atoms in total. The molecule has 4 rings (SSSR count). The highest BCUT2D eigenvalue weighted by Gasteiger charge is 2.41. The second-order valence-corrected chi connectivity index (χ2v) is 9.58. The van der Waals surface area contributed by atoms with Gasteiger partial charge in [-0.25, -0.2) is 0 Å². The van der Waals surface area contributed by atoms with Gasteiger partial charge in [0.25, 0.3) is 0 Å². The van der Waals surface area contributed by atoms with Crippen LogP contribution in [-0.2, 0) is 0 Å². The Morgan fingerprint density at radius 3 is 2.36 bits per heavy atom. The largest absolute Gasteiger partial charge is 0.378 e. The number of anilines is 1. The third-order valence-corrected chi connectivity index (χ3v) is 6.75. The fourth-order valence-corrected chi connectivity index (χ4v) is 5.01. The van der Waals surface area contributed by atoms with Crippen molar-refractivity contribution in [1.29, 1.82) is 0 Å². The first-order valence-corrected chi connectivity index (χ1v) is 11.8. The van der Waals surface area contributed by atoms with Crippen molar-refractivity contribution in [2.75, 3.05) is 46.2 Å². The molecule has 2 atom stereocenters. The summed E-state index contributed by atoms with van der Waals surface area (Å²) in [7, 11) is 8.33. The number of nitrogens with zero attached hydrogens (tertiary/aromatic N) is 5. The molecule has 7 heteroatoms. The van der Waals surface area contributed by atoms with Crippen molar-refractivity contribution in [3.63, 3.8) is 0 Å². The minimum absolute atomic E-state index is 0.00549. The van der Waals surface area contributed by atoms with E-state index in [9.17, 15) is 0 Å². The molecule has 3 aromatic rings. The van der Waals surface area contributed by atoms with Crippen LogP contribution in [0.4, 0.5) is 5.69 Å². The summed E-state index contributed by atoms with van der Waals surface area (Å²) in [5.74, 6) is 0. The smallest absolute Gasteiger partial charge is 0.170 e. The zero-order valence-corrected chi connectivity index (χ0v) is 21.2. The number of pyridine rings is 1. The SMILES string of the molecule is Cc1cc([C@H]2[C@@H](c3ccccn3)NC(=S)N2CCN(C)C)c(C)n1-c1ccc(N(C)C)cc1. The van der Waals surface area contributed by atoms with Crippen LogP contribution in [0.5, 0.6) is 0 Å². The van der Waals surface area contributed by atoms with Crippen molar-refractivity contribution in [3.05, 3.63) is 77.4 Å². The Hall–Kier alpha value is -2.90. The van der Waals surface area contributed by atoms with E-state index in [0.29, 0.717) is 0 Å². The molecule has 0 amide bonds. The second-order valence-electron chi connectivity index (χ2n) is 9.20. The first-order chi connectivity index (χ1) is 15.8. The number of rotatable bonds is 7. The molecule has 0 aliphatic carbocycles. The minimum Gasteiger partial charge on any atom is -0.378 e. The number of likely N-dealkylation sites (N-methyl/N-ethyl adjacent to an activating group) is 1. The van der Waals surface area contributed by atoms with Gasteiger partial charge in [0.2, 0.25) is 0 Å². The number of aromatic nitrogens is 2.